The zero-order chi connectivity index (χ0) is 34.9. The Balaban J connectivity index is 1.35. The number of hydrogen-bond acceptors (Lipinski definition) is 6. The maximum atomic E-state index is 14.8. The third kappa shape index (κ3) is 7.06. The number of aliphatic imine (C=N–C) groups is 1. The summed E-state index contributed by atoms with van der Waals surface area (Å²) >= 11 is 0. The van der Waals surface area contributed by atoms with Gasteiger partial charge in [-0.15, -0.1) is 0 Å². The van der Waals surface area contributed by atoms with Crippen molar-refractivity contribution in [2.24, 2.45) is 28.2 Å². The van der Waals surface area contributed by atoms with Gasteiger partial charge >= 0.3 is 0 Å². The van der Waals surface area contributed by atoms with E-state index in [1.807, 2.05) is 12.1 Å². The number of rotatable bonds is 8. The van der Waals surface area contributed by atoms with Gasteiger partial charge in [0.1, 0.15) is 18.2 Å². The first-order chi connectivity index (χ1) is 23.5. The Labute approximate surface area is 286 Å². The molecule has 1 aliphatic heterocycles. The fraction of sp³-hybridized carbons (Fsp3) is 0.514. The molecule has 0 amide bonds. The molecule has 0 bridgehead atoms. The summed E-state index contributed by atoms with van der Waals surface area (Å²) in [5, 5.41) is 7.24. The molecule has 49 heavy (non-hydrogen) atoms. The van der Waals surface area contributed by atoms with Crippen molar-refractivity contribution in [2.75, 3.05) is 38.7 Å². The molecule has 6 rings (SSSR count). The van der Waals surface area contributed by atoms with Crippen LogP contribution in [0.3, 0.4) is 0 Å². The molecule has 0 radical (unpaired) electrons. The number of ether oxygens (including phenoxy) is 1. The van der Waals surface area contributed by atoms with Gasteiger partial charge in [-0.25, -0.2) is 23.7 Å². The minimum Gasteiger partial charge on any atom is -0.497 e. The standard InChI is InChI=1S/C37H48F2N8O2/c1-22-17-31(23(2)24(3)37(22,4)5)45-36(46-16-14-40-27(20-38)21-46)43-26-8-10-29-32(18-26)44-34(33-41-12-13-42-33)47(35(29)48)15-11-25-7-9-28(49-6)19-30(25)39/h7-10,12-13,18-19,22-24,27,31,40H,11,14-17,20-21H2,1-6H3,(H,41,42)(H,43,45)/t22-,23+,24+,27+,31+/m1/s1. The summed E-state index contributed by atoms with van der Waals surface area (Å²) in [5.74, 6) is 2.86. The van der Waals surface area contributed by atoms with Gasteiger partial charge in [-0.1, -0.05) is 40.7 Å². The highest BCUT2D eigenvalue weighted by Gasteiger charge is 2.44. The topological polar surface area (TPSA) is 112 Å². The Hall–Kier alpha value is -4.32. The van der Waals surface area contributed by atoms with Crippen LogP contribution in [0.5, 0.6) is 5.75 Å². The number of imidazole rings is 1. The van der Waals surface area contributed by atoms with Crippen LogP contribution in [-0.4, -0.2) is 75.9 Å². The van der Waals surface area contributed by atoms with Crippen molar-refractivity contribution in [1.29, 1.82) is 0 Å². The molecular weight excluding hydrogens is 626 g/mol. The lowest BCUT2D eigenvalue weighted by atomic mass is 9.58. The first kappa shape index (κ1) is 34.5. The molecule has 1 aliphatic carbocycles. The lowest BCUT2D eigenvalue weighted by Crippen LogP contribution is -2.55. The summed E-state index contributed by atoms with van der Waals surface area (Å²) < 4.78 is 35.3. The number of fused-ring (bicyclic) bond motifs is 1. The number of benzene rings is 2. The minimum atomic E-state index is -0.460. The van der Waals surface area contributed by atoms with Gasteiger partial charge in [0.25, 0.3) is 5.56 Å². The number of halogens is 2. The number of nitrogens with zero attached hydrogens (tertiary/aromatic N) is 5. The number of piperazine rings is 1. The second-order valence-electron chi connectivity index (χ2n) is 14.3. The summed E-state index contributed by atoms with van der Waals surface area (Å²) in [6.07, 6.45) is 4.52. The molecule has 2 fully saturated rings. The summed E-state index contributed by atoms with van der Waals surface area (Å²) in [6.45, 7) is 13.2. The first-order valence-electron chi connectivity index (χ1n) is 17.3. The highest BCUT2D eigenvalue weighted by atomic mass is 19.1. The van der Waals surface area contributed by atoms with Crippen molar-refractivity contribution < 1.29 is 13.5 Å². The monoisotopic (exact) mass is 674 g/mol. The van der Waals surface area contributed by atoms with Crippen LogP contribution < -0.4 is 20.9 Å². The molecule has 0 unspecified atom stereocenters. The second-order valence-corrected chi connectivity index (χ2v) is 14.3. The largest absolute Gasteiger partial charge is 0.497 e. The van der Waals surface area contributed by atoms with Crippen LogP contribution in [-0.2, 0) is 13.0 Å². The number of guanidine groups is 1. The van der Waals surface area contributed by atoms with Crippen molar-refractivity contribution in [1.82, 2.24) is 29.7 Å². The summed E-state index contributed by atoms with van der Waals surface area (Å²) in [6, 6.07) is 10.0. The quantitative estimate of drug-likeness (QED) is 0.158. The van der Waals surface area contributed by atoms with Crippen LogP contribution >= 0.6 is 0 Å². The second kappa shape index (κ2) is 14.3. The smallest absolute Gasteiger partial charge is 0.261 e. The zero-order valence-corrected chi connectivity index (χ0v) is 29.3. The molecule has 1 saturated carbocycles. The number of nitrogens with one attached hydrogen (secondary N) is 3. The van der Waals surface area contributed by atoms with Crippen LogP contribution in [0, 0.1) is 29.0 Å². The molecule has 2 aromatic heterocycles. The fourth-order valence-corrected chi connectivity index (χ4v) is 7.28. The maximum absolute atomic E-state index is 14.8. The van der Waals surface area contributed by atoms with E-state index in [0.29, 0.717) is 77.2 Å². The van der Waals surface area contributed by atoms with E-state index in [1.54, 1.807) is 30.6 Å². The molecule has 5 atom stereocenters. The predicted molar refractivity (Wildman–Crippen MR) is 190 cm³/mol. The Morgan fingerprint density at radius 2 is 2.00 bits per heavy atom. The van der Waals surface area contributed by atoms with E-state index >= 15 is 0 Å². The van der Waals surface area contributed by atoms with Crippen LogP contribution in [0.1, 0.15) is 46.6 Å². The van der Waals surface area contributed by atoms with Crippen molar-refractivity contribution in [2.45, 2.75) is 66.1 Å². The molecule has 1 saturated heterocycles. The molecule has 0 spiro atoms. The zero-order valence-electron chi connectivity index (χ0n) is 29.3. The number of alkyl halides is 1. The van der Waals surface area contributed by atoms with Crippen molar-refractivity contribution in [3.63, 3.8) is 0 Å². The Bertz CT molecular complexity index is 1860. The third-order valence-corrected chi connectivity index (χ3v) is 11.3. The fourth-order valence-electron chi connectivity index (χ4n) is 7.28. The Morgan fingerprint density at radius 3 is 2.71 bits per heavy atom. The third-order valence-electron chi connectivity index (χ3n) is 11.3. The van der Waals surface area contributed by atoms with Gasteiger partial charge in [-0.2, -0.15) is 0 Å². The summed E-state index contributed by atoms with van der Waals surface area (Å²) in [7, 11) is 1.49. The number of methoxy groups -OCH3 is 1. The highest BCUT2D eigenvalue weighted by molar-refractivity contribution is 5.96. The number of anilines is 1. The molecule has 3 heterocycles. The molecular formula is C37H48F2N8O2. The van der Waals surface area contributed by atoms with E-state index in [0.717, 1.165) is 12.1 Å². The van der Waals surface area contributed by atoms with E-state index < -0.39 is 12.5 Å². The normalized spacial score (nSPS) is 24.3. The average molecular weight is 675 g/mol. The van der Waals surface area contributed by atoms with Gasteiger partial charge in [-0.05, 0) is 65.8 Å². The van der Waals surface area contributed by atoms with E-state index in [4.69, 9.17) is 14.7 Å². The van der Waals surface area contributed by atoms with Crippen LogP contribution in [0.2, 0.25) is 0 Å². The minimum absolute atomic E-state index is 0.103. The number of aryl methyl sites for hydroxylation is 1. The average Bonchev–Trinajstić information content (AvgIpc) is 3.64. The first-order valence-corrected chi connectivity index (χ1v) is 17.3. The molecule has 3 N–H and O–H groups in total. The lowest BCUT2D eigenvalue weighted by Gasteiger charge is -2.49. The number of aromatic nitrogens is 4. The van der Waals surface area contributed by atoms with E-state index in [9.17, 15) is 13.6 Å². The summed E-state index contributed by atoms with van der Waals surface area (Å²) in [4.78, 5) is 33.8. The van der Waals surface area contributed by atoms with Crippen LogP contribution in [0.4, 0.5) is 14.5 Å². The van der Waals surface area contributed by atoms with Crippen LogP contribution in [0.25, 0.3) is 22.6 Å². The predicted octanol–water partition coefficient (Wildman–Crippen LogP) is 5.90. The van der Waals surface area contributed by atoms with Crippen molar-refractivity contribution in [3.8, 4) is 17.4 Å². The van der Waals surface area contributed by atoms with E-state index in [2.05, 4.69) is 60.1 Å². The van der Waals surface area contributed by atoms with Gasteiger partial charge in [0.15, 0.2) is 17.6 Å². The molecule has 12 heteroatoms. The van der Waals surface area contributed by atoms with Crippen molar-refractivity contribution >= 4 is 22.5 Å². The number of H-pyrrole nitrogens is 1. The molecule has 262 valence electrons. The SMILES string of the molecule is COc1ccc(CCn2c(-c3ncc[nH]3)nc3cc(NC(=N[C@H]4C[C@@H](C)C(C)(C)[C@@H](C)[C@@H]4C)N4CCN[C@@H](CF)C4)ccc3c2=O)c(F)c1. The van der Waals surface area contributed by atoms with Crippen LogP contribution in [0.15, 0.2) is 58.6 Å². The van der Waals surface area contributed by atoms with Gasteiger partial charge in [0.05, 0.1) is 30.1 Å². The van der Waals surface area contributed by atoms with Gasteiger partial charge in [0, 0.05) is 50.3 Å². The maximum Gasteiger partial charge on any atom is 0.261 e. The highest BCUT2D eigenvalue weighted by Crippen LogP contribution is 2.48. The number of hydrogen-bond donors (Lipinski definition) is 3. The van der Waals surface area contributed by atoms with Gasteiger partial charge in [0.2, 0.25) is 0 Å². The Morgan fingerprint density at radius 1 is 1.18 bits per heavy atom. The number of aromatic amines is 1. The Kier molecular flexibility index (Phi) is 10.1. The van der Waals surface area contributed by atoms with Gasteiger partial charge < -0.3 is 25.3 Å². The molecule has 4 aromatic rings. The van der Waals surface area contributed by atoms with E-state index in [-0.39, 0.29) is 36.0 Å². The van der Waals surface area contributed by atoms with E-state index in [1.165, 1.54) is 17.7 Å². The molecule has 2 aromatic carbocycles. The van der Waals surface area contributed by atoms with Crippen molar-refractivity contribution in [3.05, 3.63) is 70.5 Å². The molecule has 2 aliphatic rings. The lowest BCUT2D eigenvalue weighted by molar-refractivity contribution is 0.0266. The van der Waals surface area contributed by atoms with Gasteiger partial charge in [-0.3, -0.25) is 9.36 Å². The molecule has 10 nitrogen and oxygen atoms in total. The summed E-state index contributed by atoms with van der Waals surface area (Å²) in [5.41, 5.74) is 1.64.